The van der Waals surface area contributed by atoms with Gasteiger partial charge in [0.1, 0.15) is 11.6 Å². The van der Waals surface area contributed by atoms with Crippen LogP contribution in [-0.2, 0) is 11.3 Å². The van der Waals surface area contributed by atoms with Crippen molar-refractivity contribution < 1.29 is 14.0 Å². The molecule has 0 saturated carbocycles. The molecule has 6 nitrogen and oxygen atoms in total. The van der Waals surface area contributed by atoms with E-state index in [4.69, 9.17) is 0 Å². The Balaban J connectivity index is 1.28. The number of likely N-dealkylation sites (tertiary alicyclic amines) is 1. The summed E-state index contributed by atoms with van der Waals surface area (Å²) in [6.07, 6.45) is 8.36. The van der Waals surface area contributed by atoms with E-state index in [0.717, 1.165) is 37.3 Å². The van der Waals surface area contributed by atoms with Gasteiger partial charge in [-0.1, -0.05) is 18.9 Å². The van der Waals surface area contributed by atoms with Gasteiger partial charge in [0.05, 0.1) is 5.92 Å². The Morgan fingerprint density at radius 2 is 1.72 bits per heavy atom. The number of aromatic nitrogens is 1. The molecule has 2 amide bonds. The molecule has 2 aromatic rings. The number of anilines is 1. The van der Waals surface area contributed by atoms with Gasteiger partial charge in [0.15, 0.2) is 0 Å². The van der Waals surface area contributed by atoms with E-state index in [-0.39, 0.29) is 23.5 Å². The highest BCUT2D eigenvalue weighted by molar-refractivity contribution is 5.94. The number of carbonyl (C=O) groups excluding carboxylic acids is 2. The Hall–Kier alpha value is -2.96. The highest BCUT2D eigenvalue weighted by Crippen LogP contribution is 2.20. The number of hydrogen-bond donors (Lipinski definition) is 1. The molecule has 0 aliphatic carbocycles. The zero-order valence-electron chi connectivity index (χ0n) is 18.4. The van der Waals surface area contributed by atoms with Crippen molar-refractivity contribution in [1.82, 2.24) is 15.2 Å². The van der Waals surface area contributed by atoms with Crippen LogP contribution >= 0.6 is 0 Å². The lowest BCUT2D eigenvalue weighted by atomic mass is 9.96. The van der Waals surface area contributed by atoms with Crippen LogP contribution in [-0.4, -0.2) is 47.9 Å². The van der Waals surface area contributed by atoms with Crippen LogP contribution in [0.5, 0.6) is 0 Å². The first-order valence-electron chi connectivity index (χ1n) is 11.6. The van der Waals surface area contributed by atoms with E-state index in [1.807, 2.05) is 18.3 Å². The molecule has 2 aliphatic heterocycles. The monoisotopic (exact) mass is 438 g/mol. The summed E-state index contributed by atoms with van der Waals surface area (Å²) in [6, 6.07) is 9.61. The summed E-state index contributed by atoms with van der Waals surface area (Å²) >= 11 is 0. The van der Waals surface area contributed by atoms with E-state index in [2.05, 4.69) is 15.2 Å². The maximum Gasteiger partial charge on any atom is 0.253 e. The van der Waals surface area contributed by atoms with Crippen LogP contribution in [0.15, 0.2) is 42.6 Å². The fraction of sp³-hybridized carbons (Fsp3) is 0.480. The first kappa shape index (κ1) is 22.2. The number of pyridine rings is 1. The molecule has 0 bridgehead atoms. The van der Waals surface area contributed by atoms with Crippen LogP contribution in [0, 0.1) is 11.7 Å². The summed E-state index contributed by atoms with van der Waals surface area (Å²) in [5, 5.41) is 3.00. The number of rotatable bonds is 5. The van der Waals surface area contributed by atoms with Crippen LogP contribution < -0.4 is 10.2 Å². The quantitative estimate of drug-likeness (QED) is 0.772. The molecule has 32 heavy (non-hydrogen) atoms. The standard InChI is InChI=1S/C25H31FN4O2/c26-22-10-8-20(9-11-22)25(32)30-15-5-6-21(18-30)24(31)28-17-19-7-12-23(27-16-19)29-13-3-1-2-4-14-29/h7-12,16,21H,1-6,13-15,17-18H2,(H,28,31)/t21-/m1/s1. The normalized spacial score (nSPS) is 19.3. The minimum atomic E-state index is -0.369. The summed E-state index contributed by atoms with van der Waals surface area (Å²) < 4.78 is 13.1. The number of carbonyl (C=O) groups is 2. The van der Waals surface area contributed by atoms with E-state index in [1.165, 1.54) is 49.9 Å². The number of piperidine rings is 1. The minimum absolute atomic E-state index is 0.0433. The number of nitrogens with one attached hydrogen (secondary N) is 1. The van der Waals surface area contributed by atoms with Gasteiger partial charge in [-0.15, -0.1) is 0 Å². The largest absolute Gasteiger partial charge is 0.357 e. The summed E-state index contributed by atoms with van der Waals surface area (Å²) in [5.74, 6) is 0.196. The van der Waals surface area contributed by atoms with E-state index in [9.17, 15) is 14.0 Å². The maximum absolute atomic E-state index is 13.1. The number of benzene rings is 1. The van der Waals surface area contributed by atoms with Crippen molar-refractivity contribution in [3.63, 3.8) is 0 Å². The molecule has 1 aromatic carbocycles. The molecule has 1 N–H and O–H groups in total. The first-order valence-corrected chi connectivity index (χ1v) is 11.6. The average Bonchev–Trinajstić information content (AvgIpc) is 3.13. The van der Waals surface area contributed by atoms with Crippen molar-refractivity contribution in [2.24, 2.45) is 5.92 Å². The highest BCUT2D eigenvalue weighted by atomic mass is 19.1. The van der Waals surface area contributed by atoms with Crippen molar-refractivity contribution in [3.05, 3.63) is 59.5 Å². The average molecular weight is 439 g/mol. The SMILES string of the molecule is O=C(NCc1ccc(N2CCCCCC2)nc1)[C@@H]1CCCN(C(=O)c2ccc(F)cc2)C1. The Kier molecular flexibility index (Phi) is 7.35. The van der Waals surface area contributed by atoms with Gasteiger partial charge in [0.2, 0.25) is 5.91 Å². The number of hydrogen-bond acceptors (Lipinski definition) is 4. The van der Waals surface area contributed by atoms with Crippen molar-refractivity contribution in [1.29, 1.82) is 0 Å². The van der Waals surface area contributed by atoms with Gasteiger partial charge in [-0.25, -0.2) is 9.37 Å². The van der Waals surface area contributed by atoms with Crippen LogP contribution in [0.1, 0.15) is 54.4 Å². The van der Waals surface area contributed by atoms with Crippen LogP contribution in [0.2, 0.25) is 0 Å². The molecule has 0 spiro atoms. The Morgan fingerprint density at radius 1 is 0.969 bits per heavy atom. The fourth-order valence-electron chi connectivity index (χ4n) is 4.49. The van der Waals surface area contributed by atoms with Crippen molar-refractivity contribution in [2.75, 3.05) is 31.1 Å². The Bertz CT molecular complexity index is 909. The first-order chi connectivity index (χ1) is 15.6. The maximum atomic E-state index is 13.1. The number of halogens is 1. The van der Waals surface area contributed by atoms with Gasteiger partial charge in [-0.05, 0) is 61.6 Å². The van der Waals surface area contributed by atoms with E-state index in [0.29, 0.717) is 25.2 Å². The molecule has 2 aliphatic rings. The second kappa shape index (κ2) is 10.6. The van der Waals surface area contributed by atoms with Gasteiger partial charge in [0, 0.05) is 44.5 Å². The van der Waals surface area contributed by atoms with Gasteiger partial charge in [-0.3, -0.25) is 9.59 Å². The molecule has 1 atom stereocenters. The molecule has 0 radical (unpaired) electrons. The predicted molar refractivity (Wildman–Crippen MR) is 122 cm³/mol. The van der Waals surface area contributed by atoms with Crippen molar-refractivity contribution >= 4 is 17.6 Å². The summed E-state index contributed by atoms with van der Waals surface area (Å²) in [6.45, 7) is 3.53. The summed E-state index contributed by atoms with van der Waals surface area (Å²) in [5.41, 5.74) is 1.41. The second-order valence-electron chi connectivity index (χ2n) is 8.74. The highest BCUT2D eigenvalue weighted by Gasteiger charge is 2.28. The molecular weight excluding hydrogens is 407 g/mol. The summed E-state index contributed by atoms with van der Waals surface area (Å²) in [4.78, 5) is 34.1. The molecule has 3 heterocycles. The van der Waals surface area contributed by atoms with Crippen molar-refractivity contribution in [2.45, 2.75) is 45.1 Å². The lowest BCUT2D eigenvalue weighted by Crippen LogP contribution is -2.45. The molecule has 2 saturated heterocycles. The van der Waals surface area contributed by atoms with Gasteiger partial charge in [0.25, 0.3) is 5.91 Å². The lowest BCUT2D eigenvalue weighted by Gasteiger charge is -2.32. The zero-order chi connectivity index (χ0) is 22.3. The third-order valence-electron chi connectivity index (χ3n) is 6.38. The topological polar surface area (TPSA) is 65.5 Å². The third-order valence-corrected chi connectivity index (χ3v) is 6.38. The number of nitrogens with zero attached hydrogens (tertiary/aromatic N) is 3. The summed E-state index contributed by atoms with van der Waals surface area (Å²) in [7, 11) is 0. The Morgan fingerprint density at radius 3 is 2.41 bits per heavy atom. The third kappa shape index (κ3) is 5.64. The molecule has 4 rings (SSSR count). The molecule has 2 fully saturated rings. The Labute approximate surface area is 188 Å². The fourth-order valence-corrected chi connectivity index (χ4v) is 4.49. The molecule has 7 heteroatoms. The van der Waals surface area contributed by atoms with Gasteiger partial charge < -0.3 is 15.1 Å². The van der Waals surface area contributed by atoms with E-state index in [1.54, 1.807) is 4.90 Å². The van der Waals surface area contributed by atoms with Crippen molar-refractivity contribution in [3.8, 4) is 0 Å². The van der Waals surface area contributed by atoms with Crippen LogP contribution in [0.3, 0.4) is 0 Å². The van der Waals surface area contributed by atoms with Crippen LogP contribution in [0.4, 0.5) is 10.2 Å². The van der Waals surface area contributed by atoms with E-state index >= 15 is 0 Å². The molecule has 0 unspecified atom stereocenters. The molecule has 170 valence electrons. The van der Waals surface area contributed by atoms with Gasteiger partial charge >= 0.3 is 0 Å². The molecular formula is C25H31FN4O2. The van der Waals surface area contributed by atoms with Gasteiger partial charge in [-0.2, -0.15) is 0 Å². The molecule has 1 aromatic heterocycles. The zero-order valence-corrected chi connectivity index (χ0v) is 18.4. The second-order valence-corrected chi connectivity index (χ2v) is 8.74. The number of amides is 2. The lowest BCUT2D eigenvalue weighted by molar-refractivity contribution is -0.126. The minimum Gasteiger partial charge on any atom is -0.357 e. The van der Waals surface area contributed by atoms with E-state index < -0.39 is 0 Å². The smallest absolute Gasteiger partial charge is 0.253 e. The van der Waals surface area contributed by atoms with Crippen LogP contribution in [0.25, 0.3) is 0 Å². The predicted octanol–water partition coefficient (Wildman–Crippen LogP) is 3.77.